The molecule has 104 valence electrons. The lowest BCUT2D eigenvalue weighted by Gasteiger charge is -2.13. The molecule has 1 fully saturated rings. The van der Waals surface area contributed by atoms with E-state index in [9.17, 15) is 0 Å². The third kappa shape index (κ3) is 1.57. The Morgan fingerprint density at radius 1 is 1.25 bits per heavy atom. The van der Waals surface area contributed by atoms with E-state index in [2.05, 4.69) is 46.0 Å². The molecule has 2 aliphatic carbocycles. The molecule has 3 unspecified atom stereocenters. The molecule has 0 saturated heterocycles. The maximum Gasteiger partial charge on any atom is 0.146 e. The van der Waals surface area contributed by atoms with E-state index in [1.807, 2.05) is 0 Å². The molecule has 1 aromatic heterocycles. The van der Waals surface area contributed by atoms with Gasteiger partial charge in [-0.15, -0.1) is 10.2 Å². The van der Waals surface area contributed by atoms with Crippen LogP contribution in [-0.4, -0.2) is 14.8 Å². The number of hydrogen-bond donors (Lipinski definition) is 1. The van der Waals surface area contributed by atoms with Crippen LogP contribution in [0, 0.1) is 5.92 Å². The van der Waals surface area contributed by atoms with Gasteiger partial charge in [-0.3, -0.25) is 0 Å². The molecule has 4 nitrogen and oxygen atoms in total. The van der Waals surface area contributed by atoms with Crippen molar-refractivity contribution in [2.75, 3.05) is 0 Å². The fourth-order valence-corrected chi connectivity index (χ4v) is 4.01. The van der Waals surface area contributed by atoms with E-state index in [0.717, 1.165) is 24.1 Å². The van der Waals surface area contributed by atoms with E-state index in [0.29, 0.717) is 18.4 Å². The van der Waals surface area contributed by atoms with Crippen molar-refractivity contribution >= 4 is 0 Å². The van der Waals surface area contributed by atoms with Crippen LogP contribution in [-0.2, 0) is 19.5 Å². The molecule has 0 radical (unpaired) electrons. The standard InChI is InChI=1S/C16H20N4/c1-2-20-13(9-17)18-19-16(20)15-12-8-7-10-5-3-4-6-11(10)14(12)15/h3-6,12,14-15H,2,7-9,17H2,1H3. The molecule has 20 heavy (non-hydrogen) atoms. The lowest BCUT2D eigenvalue weighted by atomic mass is 9.92. The first-order chi connectivity index (χ1) is 9.85. The zero-order chi connectivity index (χ0) is 13.7. The van der Waals surface area contributed by atoms with Crippen LogP contribution in [0.4, 0.5) is 0 Å². The highest BCUT2D eigenvalue weighted by atomic mass is 15.3. The molecule has 0 aliphatic heterocycles. The summed E-state index contributed by atoms with van der Waals surface area (Å²) in [5, 5.41) is 8.72. The molecular formula is C16H20N4. The Morgan fingerprint density at radius 2 is 2.10 bits per heavy atom. The topological polar surface area (TPSA) is 56.7 Å². The van der Waals surface area contributed by atoms with E-state index in [-0.39, 0.29) is 0 Å². The van der Waals surface area contributed by atoms with Gasteiger partial charge in [-0.2, -0.15) is 0 Å². The Hall–Kier alpha value is -1.68. The smallest absolute Gasteiger partial charge is 0.146 e. The second kappa shape index (κ2) is 4.42. The summed E-state index contributed by atoms with van der Waals surface area (Å²) in [6, 6.07) is 8.88. The predicted molar refractivity (Wildman–Crippen MR) is 77.3 cm³/mol. The van der Waals surface area contributed by atoms with Gasteiger partial charge < -0.3 is 10.3 Å². The number of benzene rings is 1. The van der Waals surface area contributed by atoms with Crippen LogP contribution in [0.1, 0.15) is 48.0 Å². The maximum atomic E-state index is 5.76. The SMILES string of the molecule is CCn1c(CN)nnc1C1C2CCc3ccccc3C21. The average molecular weight is 268 g/mol. The van der Waals surface area contributed by atoms with Gasteiger partial charge >= 0.3 is 0 Å². The Balaban J connectivity index is 1.72. The van der Waals surface area contributed by atoms with Gasteiger partial charge in [0.1, 0.15) is 11.6 Å². The number of rotatable bonds is 3. The van der Waals surface area contributed by atoms with E-state index < -0.39 is 0 Å². The second-order valence-electron chi connectivity index (χ2n) is 5.88. The molecule has 4 rings (SSSR count). The van der Waals surface area contributed by atoms with Crippen molar-refractivity contribution in [3.8, 4) is 0 Å². The van der Waals surface area contributed by atoms with Crippen LogP contribution in [0.25, 0.3) is 0 Å². The number of aromatic nitrogens is 3. The van der Waals surface area contributed by atoms with E-state index in [4.69, 9.17) is 5.73 Å². The van der Waals surface area contributed by atoms with Gasteiger partial charge in [0.25, 0.3) is 0 Å². The van der Waals surface area contributed by atoms with Crippen molar-refractivity contribution in [1.29, 1.82) is 0 Å². The first-order valence-corrected chi connectivity index (χ1v) is 7.55. The summed E-state index contributed by atoms with van der Waals surface area (Å²) in [5.74, 6) is 4.02. The summed E-state index contributed by atoms with van der Waals surface area (Å²) in [5.41, 5.74) is 8.82. The quantitative estimate of drug-likeness (QED) is 0.928. The number of nitrogens with zero attached hydrogens (tertiary/aromatic N) is 3. The van der Waals surface area contributed by atoms with Crippen molar-refractivity contribution in [3.63, 3.8) is 0 Å². The highest BCUT2D eigenvalue weighted by Gasteiger charge is 2.56. The minimum absolute atomic E-state index is 0.472. The van der Waals surface area contributed by atoms with Crippen molar-refractivity contribution < 1.29 is 0 Å². The summed E-state index contributed by atoms with van der Waals surface area (Å²) in [4.78, 5) is 0. The molecule has 3 atom stereocenters. The summed E-state index contributed by atoms with van der Waals surface area (Å²) < 4.78 is 2.21. The molecule has 1 heterocycles. The molecule has 0 amide bonds. The minimum atomic E-state index is 0.472. The molecular weight excluding hydrogens is 248 g/mol. The maximum absolute atomic E-state index is 5.76. The van der Waals surface area contributed by atoms with Gasteiger partial charge in [0, 0.05) is 12.5 Å². The molecule has 2 aromatic rings. The normalized spacial score (nSPS) is 27.0. The van der Waals surface area contributed by atoms with Crippen LogP contribution >= 0.6 is 0 Å². The summed E-state index contributed by atoms with van der Waals surface area (Å²) in [6.45, 7) is 3.53. The number of nitrogens with two attached hydrogens (primary N) is 1. The molecule has 4 heteroatoms. The molecule has 0 bridgehead atoms. The first-order valence-electron chi connectivity index (χ1n) is 7.55. The van der Waals surface area contributed by atoms with Gasteiger partial charge in [0.2, 0.25) is 0 Å². The van der Waals surface area contributed by atoms with E-state index in [1.165, 1.54) is 24.0 Å². The Kier molecular flexibility index (Phi) is 2.67. The zero-order valence-electron chi connectivity index (χ0n) is 11.8. The van der Waals surface area contributed by atoms with Crippen molar-refractivity contribution in [1.82, 2.24) is 14.8 Å². The molecule has 1 aromatic carbocycles. The number of aryl methyl sites for hydroxylation is 1. The lowest BCUT2D eigenvalue weighted by molar-refractivity contribution is 0.625. The van der Waals surface area contributed by atoms with Gasteiger partial charge in [-0.05, 0) is 42.7 Å². The Labute approximate surface area is 119 Å². The Morgan fingerprint density at radius 3 is 2.90 bits per heavy atom. The van der Waals surface area contributed by atoms with Crippen LogP contribution in [0.3, 0.4) is 0 Å². The minimum Gasteiger partial charge on any atom is -0.324 e. The molecule has 0 spiro atoms. The first kappa shape index (κ1) is 12.1. The molecule has 2 aliphatic rings. The lowest BCUT2D eigenvalue weighted by Crippen LogP contribution is -2.09. The van der Waals surface area contributed by atoms with Gasteiger partial charge in [-0.25, -0.2) is 0 Å². The van der Waals surface area contributed by atoms with Crippen molar-refractivity contribution in [2.45, 2.75) is 44.7 Å². The van der Waals surface area contributed by atoms with Crippen molar-refractivity contribution in [3.05, 3.63) is 47.0 Å². The Bertz CT molecular complexity index is 646. The van der Waals surface area contributed by atoms with Crippen LogP contribution in [0.5, 0.6) is 0 Å². The van der Waals surface area contributed by atoms with Gasteiger partial charge in [0.15, 0.2) is 0 Å². The fraction of sp³-hybridized carbons (Fsp3) is 0.500. The zero-order valence-corrected chi connectivity index (χ0v) is 11.8. The van der Waals surface area contributed by atoms with E-state index >= 15 is 0 Å². The fourth-order valence-electron chi connectivity index (χ4n) is 4.01. The highest BCUT2D eigenvalue weighted by molar-refractivity contribution is 5.43. The van der Waals surface area contributed by atoms with Crippen molar-refractivity contribution in [2.24, 2.45) is 11.7 Å². The van der Waals surface area contributed by atoms with Gasteiger partial charge in [0.05, 0.1) is 6.54 Å². The van der Waals surface area contributed by atoms with Gasteiger partial charge in [-0.1, -0.05) is 24.3 Å². The summed E-state index contributed by atoms with van der Waals surface area (Å²) in [7, 11) is 0. The third-order valence-corrected chi connectivity index (χ3v) is 4.98. The highest BCUT2D eigenvalue weighted by Crippen LogP contribution is 2.64. The van der Waals surface area contributed by atoms with Crippen LogP contribution in [0.15, 0.2) is 24.3 Å². The summed E-state index contributed by atoms with van der Waals surface area (Å²) in [6.07, 6.45) is 2.48. The second-order valence-corrected chi connectivity index (χ2v) is 5.88. The van der Waals surface area contributed by atoms with Crippen LogP contribution in [0.2, 0.25) is 0 Å². The largest absolute Gasteiger partial charge is 0.324 e. The number of fused-ring (bicyclic) bond motifs is 3. The number of hydrogen-bond acceptors (Lipinski definition) is 3. The molecule has 1 saturated carbocycles. The van der Waals surface area contributed by atoms with Crippen LogP contribution < -0.4 is 5.73 Å². The average Bonchev–Trinajstić information content (AvgIpc) is 3.09. The third-order valence-electron chi connectivity index (χ3n) is 4.98. The summed E-state index contributed by atoms with van der Waals surface area (Å²) >= 11 is 0. The predicted octanol–water partition coefficient (Wildman–Crippen LogP) is 2.20. The monoisotopic (exact) mass is 268 g/mol. The van der Waals surface area contributed by atoms with E-state index in [1.54, 1.807) is 0 Å². The molecule has 2 N–H and O–H groups in total.